The fourth-order valence-electron chi connectivity index (χ4n) is 4.66. The molecule has 0 aliphatic carbocycles. The number of nitrogens with one attached hydrogen (secondary N) is 2. The van der Waals surface area contributed by atoms with Gasteiger partial charge in [0.2, 0.25) is 5.95 Å². The van der Waals surface area contributed by atoms with Gasteiger partial charge in [0.05, 0.1) is 11.2 Å². The van der Waals surface area contributed by atoms with E-state index in [2.05, 4.69) is 42.0 Å². The first-order valence-electron chi connectivity index (χ1n) is 11.3. The van der Waals surface area contributed by atoms with E-state index in [0.717, 1.165) is 76.2 Å². The summed E-state index contributed by atoms with van der Waals surface area (Å²) in [4.78, 5) is 16.6. The summed E-state index contributed by atoms with van der Waals surface area (Å²) < 4.78 is 14.5. The number of H-pyrrole nitrogens is 2. The van der Waals surface area contributed by atoms with E-state index in [4.69, 9.17) is 5.73 Å². The van der Waals surface area contributed by atoms with Gasteiger partial charge in [-0.3, -0.25) is 10.00 Å². The monoisotopic (exact) mass is 456 g/mol. The summed E-state index contributed by atoms with van der Waals surface area (Å²) in [6, 6.07) is 13.5. The fourth-order valence-corrected chi connectivity index (χ4v) is 4.66. The smallest absolute Gasteiger partial charge is 0.213 e. The van der Waals surface area contributed by atoms with E-state index >= 15 is 0 Å². The molecule has 0 radical (unpaired) electrons. The third-order valence-corrected chi connectivity index (χ3v) is 6.57. The van der Waals surface area contributed by atoms with Crippen molar-refractivity contribution in [3.63, 3.8) is 0 Å². The molecule has 1 aliphatic rings. The second kappa shape index (κ2) is 8.19. The number of nitrogens with zero attached hydrogens (tertiary/aromatic N) is 5. The normalized spacial score (nSPS) is 15.5. The van der Waals surface area contributed by atoms with Crippen molar-refractivity contribution in [2.75, 3.05) is 39.0 Å². The molecule has 0 atom stereocenters. The van der Waals surface area contributed by atoms with Gasteiger partial charge < -0.3 is 15.6 Å². The average molecular weight is 457 g/mol. The molecule has 34 heavy (non-hydrogen) atoms. The molecule has 0 amide bonds. The molecule has 0 bridgehead atoms. The number of fused-ring (bicyclic) bond motifs is 2. The van der Waals surface area contributed by atoms with E-state index in [1.54, 1.807) is 6.20 Å². The zero-order valence-electron chi connectivity index (χ0n) is 18.8. The molecule has 4 aromatic heterocycles. The summed E-state index contributed by atoms with van der Waals surface area (Å²) in [5, 5.41) is 8.85. The maximum Gasteiger partial charge on any atom is 0.213 e. The van der Waals surface area contributed by atoms with Crippen molar-refractivity contribution in [2.24, 2.45) is 0 Å². The number of benzene rings is 1. The molecule has 1 fully saturated rings. The van der Waals surface area contributed by atoms with Gasteiger partial charge >= 0.3 is 0 Å². The summed E-state index contributed by atoms with van der Waals surface area (Å²) in [6.07, 6.45) is 1.77. The fraction of sp³-hybridized carbons (Fsp3) is 0.240. The SMILES string of the molecule is CN1CCN(Cc2cc(-c3cc4c(-c5ccc6[nH]nc(N)c6c5)ccnc4[nH]3)cc(F)n2)CC1. The van der Waals surface area contributed by atoms with Gasteiger partial charge in [-0.1, -0.05) is 6.07 Å². The Morgan fingerprint density at radius 2 is 1.85 bits per heavy atom. The van der Waals surface area contributed by atoms with E-state index in [0.29, 0.717) is 12.4 Å². The summed E-state index contributed by atoms with van der Waals surface area (Å²) >= 11 is 0. The van der Waals surface area contributed by atoms with Crippen molar-refractivity contribution in [3.05, 3.63) is 60.3 Å². The predicted molar refractivity (Wildman–Crippen MR) is 132 cm³/mol. The second-order valence-electron chi connectivity index (χ2n) is 8.92. The molecule has 172 valence electrons. The van der Waals surface area contributed by atoms with Crippen molar-refractivity contribution in [1.82, 2.24) is 34.9 Å². The lowest BCUT2D eigenvalue weighted by atomic mass is 10.0. The molecule has 5 aromatic rings. The van der Waals surface area contributed by atoms with E-state index in [9.17, 15) is 4.39 Å². The summed E-state index contributed by atoms with van der Waals surface area (Å²) in [5.41, 5.74) is 12.0. The average Bonchev–Trinajstić information content (AvgIpc) is 3.44. The van der Waals surface area contributed by atoms with Crippen molar-refractivity contribution < 1.29 is 4.39 Å². The van der Waals surface area contributed by atoms with Crippen LogP contribution >= 0.6 is 0 Å². The van der Waals surface area contributed by atoms with Crippen LogP contribution in [0.5, 0.6) is 0 Å². The van der Waals surface area contributed by atoms with E-state index in [1.165, 1.54) is 6.07 Å². The van der Waals surface area contributed by atoms with Crippen LogP contribution in [0.25, 0.3) is 44.3 Å². The number of piperazine rings is 1. The summed E-state index contributed by atoms with van der Waals surface area (Å²) in [7, 11) is 2.12. The van der Waals surface area contributed by atoms with Gasteiger partial charge in [0.25, 0.3) is 0 Å². The number of anilines is 1. The molecule has 0 spiro atoms. The first kappa shape index (κ1) is 20.8. The van der Waals surface area contributed by atoms with Crippen molar-refractivity contribution in [1.29, 1.82) is 0 Å². The van der Waals surface area contributed by atoms with Gasteiger partial charge in [-0.25, -0.2) is 9.97 Å². The van der Waals surface area contributed by atoms with Gasteiger partial charge in [0.1, 0.15) is 5.65 Å². The van der Waals surface area contributed by atoms with E-state index < -0.39 is 5.95 Å². The van der Waals surface area contributed by atoms with Crippen LogP contribution in [0.3, 0.4) is 0 Å². The van der Waals surface area contributed by atoms with Gasteiger partial charge in [0, 0.05) is 67.0 Å². The van der Waals surface area contributed by atoms with Gasteiger partial charge in [-0.15, -0.1) is 0 Å². The Morgan fingerprint density at radius 1 is 1.00 bits per heavy atom. The molecule has 4 N–H and O–H groups in total. The maximum absolute atomic E-state index is 14.5. The van der Waals surface area contributed by atoms with Crippen LogP contribution in [0.15, 0.2) is 48.7 Å². The molecule has 1 aromatic carbocycles. The zero-order chi connectivity index (χ0) is 23.2. The number of rotatable bonds is 4. The topological polar surface area (TPSA) is 103 Å². The molecule has 0 unspecified atom stereocenters. The van der Waals surface area contributed by atoms with Crippen LogP contribution in [0.1, 0.15) is 5.69 Å². The first-order valence-corrected chi connectivity index (χ1v) is 11.3. The summed E-state index contributed by atoms with van der Waals surface area (Å²) in [6.45, 7) is 4.56. The Kier molecular flexibility index (Phi) is 5.00. The molecule has 8 nitrogen and oxygen atoms in total. The molecular formula is C25H25FN8. The number of likely N-dealkylation sites (N-methyl/N-ethyl adjacent to an activating group) is 1. The van der Waals surface area contributed by atoms with Crippen LogP contribution in [0.4, 0.5) is 10.2 Å². The Morgan fingerprint density at radius 3 is 2.71 bits per heavy atom. The minimum absolute atomic E-state index is 0.469. The number of nitrogen functional groups attached to an aromatic ring is 1. The number of aromatic nitrogens is 5. The lowest BCUT2D eigenvalue weighted by molar-refractivity contribution is 0.146. The number of aromatic amines is 2. The van der Waals surface area contributed by atoms with Crippen LogP contribution < -0.4 is 5.73 Å². The summed E-state index contributed by atoms with van der Waals surface area (Å²) in [5.74, 6) is -0.00796. The quantitative estimate of drug-likeness (QED) is 0.357. The van der Waals surface area contributed by atoms with Gasteiger partial charge in [-0.2, -0.15) is 9.49 Å². The lowest BCUT2D eigenvalue weighted by Gasteiger charge is -2.32. The lowest BCUT2D eigenvalue weighted by Crippen LogP contribution is -2.44. The number of nitrogens with two attached hydrogens (primary N) is 1. The molecule has 0 saturated carbocycles. The zero-order valence-corrected chi connectivity index (χ0v) is 18.8. The van der Waals surface area contributed by atoms with Crippen molar-refractivity contribution in [3.8, 4) is 22.4 Å². The Labute approximate surface area is 195 Å². The molecular weight excluding hydrogens is 431 g/mol. The maximum atomic E-state index is 14.5. The van der Waals surface area contributed by atoms with Crippen LogP contribution in [0.2, 0.25) is 0 Å². The molecule has 1 saturated heterocycles. The molecule has 6 rings (SSSR count). The van der Waals surface area contributed by atoms with Gasteiger partial charge in [-0.05, 0) is 48.5 Å². The third-order valence-electron chi connectivity index (χ3n) is 6.57. The first-order chi connectivity index (χ1) is 16.5. The number of hydrogen-bond acceptors (Lipinski definition) is 6. The Bertz CT molecular complexity index is 1500. The van der Waals surface area contributed by atoms with E-state index in [-0.39, 0.29) is 0 Å². The number of halogens is 1. The van der Waals surface area contributed by atoms with Crippen molar-refractivity contribution in [2.45, 2.75) is 6.54 Å². The van der Waals surface area contributed by atoms with Crippen LogP contribution in [-0.4, -0.2) is 68.2 Å². The third kappa shape index (κ3) is 3.78. The Hall–Kier alpha value is -3.82. The van der Waals surface area contributed by atoms with E-state index in [1.807, 2.05) is 36.4 Å². The number of hydrogen-bond donors (Lipinski definition) is 3. The molecule has 9 heteroatoms. The Balaban J connectivity index is 1.37. The van der Waals surface area contributed by atoms with Crippen LogP contribution in [0, 0.1) is 5.95 Å². The molecule has 1 aliphatic heterocycles. The minimum atomic E-state index is -0.477. The van der Waals surface area contributed by atoms with Gasteiger partial charge in [0.15, 0.2) is 5.82 Å². The molecule has 5 heterocycles. The second-order valence-corrected chi connectivity index (χ2v) is 8.92. The van der Waals surface area contributed by atoms with Crippen LogP contribution in [-0.2, 0) is 6.54 Å². The highest BCUT2D eigenvalue weighted by molar-refractivity contribution is 5.99. The highest BCUT2D eigenvalue weighted by atomic mass is 19.1. The van der Waals surface area contributed by atoms with Crippen molar-refractivity contribution >= 4 is 27.8 Å². The standard InChI is InChI=1S/C25H25FN8/c1-33-6-8-34(9-7-33)14-17-10-16(12-23(26)29-17)22-13-19-18(4-5-28-25(19)30-22)15-2-3-21-20(11-15)24(27)32-31-21/h2-5,10-13H,6-9,14H2,1H3,(H,28,30)(H3,27,31,32). The largest absolute Gasteiger partial charge is 0.382 e. The predicted octanol–water partition coefficient (Wildman–Crippen LogP) is 3.64. The minimum Gasteiger partial charge on any atom is -0.382 e. The number of pyridine rings is 2. The highest BCUT2D eigenvalue weighted by Gasteiger charge is 2.17. The highest BCUT2D eigenvalue weighted by Crippen LogP contribution is 2.33.